The molecule has 1 unspecified atom stereocenters. The smallest absolute Gasteiger partial charge is 0.264 e. The molecule has 1 atom stereocenters. The molecule has 214 valence electrons. The van der Waals surface area contributed by atoms with Crippen LogP contribution in [0.2, 0.25) is 0 Å². The fourth-order valence-corrected chi connectivity index (χ4v) is 5.46. The molecule has 0 aromatic heterocycles. The van der Waals surface area contributed by atoms with E-state index >= 15 is 0 Å². The highest BCUT2D eigenvalue weighted by atomic mass is 32.2. The summed E-state index contributed by atoms with van der Waals surface area (Å²) < 4.78 is 39.1. The Balaban J connectivity index is 1.96. The summed E-state index contributed by atoms with van der Waals surface area (Å²) in [7, 11) is -1.08. The second-order valence-corrected chi connectivity index (χ2v) is 11.1. The van der Waals surface area contributed by atoms with Crippen molar-refractivity contribution in [1.82, 2.24) is 10.2 Å². The molecule has 0 saturated carbocycles. The third kappa shape index (κ3) is 7.75. The first-order valence-corrected chi connectivity index (χ1v) is 14.6. The standard InChI is InChI=1S/C30H37N3O6S/c1-5-6-20-31-30(35)23(2)32(21-24-12-14-26(38-3)15-13-24)29(34)22-33(25-10-8-7-9-11-25)40(36,37)28-18-16-27(39-4)17-19-28/h7-19,23H,5-6,20-22H2,1-4H3,(H,31,35). The summed E-state index contributed by atoms with van der Waals surface area (Å²) >= 11 is 0. The molecule has 0 aliphatic rings. The number of methoxy groups -OCH3 is 2. The van der Waals surface area contributed by atoms with Gasteiger partial charge >= 0.3 is 0 Å². The van der Waals surface area contributed by atoms with Crippen LogP contribution < -0.4 is 19.1 Å². The number of carbonyl (C=O) groups excluding carboxylic acids is 2. The number of para-hydroxylation sites is 1. The number of ether oxygens (including phenoxy) is 2. The van der Waals surface area contributed by atoms with Crippen molar-refractivity contribution in [3.8, 4) is 11.5 Å². The van der Waals surface area contributed by atoms with Crippen LogP contribution in [0, 0.1) is 0 Å². The monoisotopic (exact) mass is 567 g/mol. The largest absolute Gasteiger partial charge is 0.497 e. The zero-order valence-electron chi connectivity index (χ0n) is 23.4. The quantitative estimate of drug-likeness (QED) is 0.292. The van der Waals surface area contributed by atoms with Crippen LogP contribution in [0.5, 0.6) is 11.5 Å². The zero-order valence-corrected chi connectivity index (χ0v) is 24.2. The summed E-state index contributed by atoms with van der Waals surface area (Å²) in [6.07, 6.45) is 1.73. The Labute approximate surface area is 236 Å². The zero-order chi connectivity index (χ0) is 29.1. The molecule has 10 heteroatoms. The molecule has 2 amide bonds. The van der Waals surface area contributed by atoms with Gasteiger partial charge < -0.3 is 19.7 Å². The summed E-state index contributed by atoms with van der Waals surface area (Å²) in [6, 6.07) is 20.7. The van der Waals surface area contributed by atoms with Crippen LogP contribution in [0.3, 0.4) is 0 Å². The van der Waals surface area contributed by atoms with Crippen molar-refractivity contribution in [2.24, 2.45) is 0 Å². The summed E-state index contributed by atoms with van der Waals surface area (Å²) in [6.45, 7) is 3.77. The SMILES string of the molecule is CCCCNC(=O)C(C)N(Cc1ccc(OC)cc1)C(=O)CN(c1ccccc1)S(=O)(=O)c1ccc(OC)cc1. The highest BCUT2D eigenvalue weighted by Gasteiger charge is 2.32. The van der Waals surface area contributed by atoms with E-state index in [1.807, 2.05) is 19.1 Å². The predicted molar refractivity (Wildman–Crippen MR) is 155 cm³/mol. The van der Waals surface area contributed by atoms with Crippen LogP contribution in [0.4, 0.5) is 5.69 Å². The summed E-state index contributed by atoms with van der Waals surface area (Å²) in [5.41, 5.74) is 1.10. The lowest BCUT2D eigenvalue weighted by Crippen LogP contribution is -2.51. The minimum atomic E-state index is -4.14. The van der Waals surface area contributed by atoms with Gasteiger partial charge in [-0.3, -0.25) is 13.9 Å². The van der Waals surface area contributed by atoms with E-state index in [0.717, 1.165) is 22.7 Å². The number of unbranched alkanes of at least 4 members (excludes halogenated alkanes) is 1. The Morgan fingerprint density at radius 3 is 2.00 bits per heavy atom. The van der Waals surface area contributed by atoms with Gasteiger partial charge in [-0.1, -0.05) is 43.7 Å². The first kappa shape index (κ1) is 30.5. The van der Waals surface area contributed by atoms with Crippen molar-refractivity contribution in [2.45, 2.75) is 44.2 Å². The van der Waals surface area contributed by atoms with Crippen LogP contribution >= 0.6 is 0 Å². The average Bonchev–Trinajstić information content (AvgIpc) is 2.98. The molecular weight excluding hydrogens is 530 g/mol. The van der Waals surface area contributed by atoms with Gasteiger partial charge in [0, 0.05) is 13.1 Å². The van der Waals surface area contributed by atoms with Gasteiger partial charge in [-0.05, 0) is 67.4 Å². The molecule has 0 bridgehead atoms. The van der Waals surface area contributed by atoms with Crippen LogP contribution in [-0.4, -0.2) is 58.5 Å². The maximum absolute atomic E-state index is 13.9. The Morgan fingerprint density at radius 1 is 0.875 bits per heavy atom. The first-order valence-electron chi connectivity index (χ1n) is 13.1. The van der Waals surface area contributed by atoms with Crippen molar-refractivity contribution < 1.29 is 27.5 Å². The minimum absolute atomic E-state index is 0.0111. The number of nitrogens with zero attached hydrogens (tertiary/aromatic N) is 2. The molecule has 0 heterocycles. The van der Waals surface area contributed by atoms with Gasteiger partial charge in [0.15, 0.2) is 0 Å². The normalized spacial score (nSPS) is 11.8. The Hall–Kier alpha value is -4.05. The van der Waals surface area contributed by atoms with Crippen LogP contribution in [0.1, 0.15) is 32.3 Å². The van der Waals surface area contributed by atoms with Crippen molar-refractivity contribution in [3.05, 3.63) is 84.4 Å². The summed E-state index contributed by atoms with van der Waals surface area (Å²) in [5.74, 6) is 0.345. The average molecular weight is 568 g/mol. The lowest BCUT2D eigenvalue weighted by atomic mass is 10.1. The second-order valence-electron chi connectivity index (χ2n) is 9.21. The molecule has 1 N–H and O–H groups in total. The van der Waals surface area contributed by atoms with E-state index in [-0.39, 0.29) is 17.3 Å². The highest BCUT2D eigenvalue weighted by Crippen LogP contribution is 2.26. The maximum atomic E-state index is 13.9. The Bertz CT molecular complexity index is 1350. The van der Waals surface area contributed by atoms with Gasteiger partial charge in [0.25, 0.3) is 10.0 Å². The van der Waals surface area contributed by atoms with E-state index < -0.39 is 28.5 Å². The van der Waals surface area contributed by atoms with Gasteiger partial charge in [0.05, 0.1) is 24.8 Å². The fourth-order valence-electron chi connectivity index (χ4n) is 4.04. The molecule has 0 saturated heterocycles. The van der Waals surface area contributed by atoms with Crippen molar-refractivity contribution in [1.29, 1.82) is 0 Å². The third-order valence-electron chi connectivity index (χ3n) is 6.48. The topological polar surface area (TPSA) is 105 Å². The van der Waals surface area contributed by atoms with Gasteiger partial charge in [-0.25, -0.2) is 8.42 Å². The number of rotatable bonds is 14. The number of hydrogen-bond donors (Lipinski definition) is 1. The molecule has 3 aromatic carbocycles. The molecule has 0 spiro atoms. The molecule has 0 aliphatic carbocycles. The molecule has 0 aliphatic heterocycles. The van der Waals surface area contributed by atoms with E-state index in [9.17, 15) is 18.0 Å². The first-order chi connectivity index (χ1) is 19.2. The predicted octanol–water partition coefficient (Wildman–Crippen LogP) is 4.23. The van der Waals surface area contributed by atoms with E-state index in [0.29, 0.717) is 23.7 Å². The molecule has 40 heavy (non-hydrogen) atoms. The second kappa shape index (κ2) is 14.4. The molecule has 3 rings (SSSR count). The van der Waals surface area contributed by atoms with Crippen molar-refractivity contribution in [3.63, 3.8) is 0 Å². The highest BCUT2D eigenvalue weighted by molar-refractivity contribution is 7.92. The summed E-state index contributed by atoms with van der Waals surface area (Å²) in [4.78, 5) is 28.3. The van der Waals surface area contributed by atoms with Gasteiger partial charge in [-0.15, -0.1) is 0 Å². The molecule has 9 nitrogen and oxygen atoms in total. The third-order valence-corrected chi connectivity index (χ3v) is 8.27. The fraction of sp³-hybridized carbons (Fsp3) is 0.333. The number of hydrogen-bond acceptors (Lipinski definition) is 6. The van der Waals surface area contributed by atoms with E-state index in [1.165, 1.54) is 24.1 Å². The van der Waals surface area contributed by atoms with Crippen LogP contribution in [-0.2, 0) is 26.2 Å². The molecule has 0 radical (unpaired) electrons. The number of anilines is 1. The minimum Gasteiger partial charge on any atom is -0.497 e. The lowest BCUT2D eigenvalue weighted by molar-refractivity contribution is -0.139. The van der Waals surface area contributed by atoms with Crippen LogP contribution in [0.25, 0.3) is 0 Å². The van der Waals surface area contributed by atoms with Gasteiger partial charge in [-0.2, -0.15) is 0 Å². The number of sulfonamides is 1. The number of amides is 2. The number of carbonyl (C=O) groups is 2. The van der Waals surface area contributed by atoms with Gasteiger partial charge in [0.2, 0.25) is 11.8 Å². The Kier molecular flexibility index (Phi) is 11.0. The van der Waals surface area contributed by atoms with Crippen LogP contribution in [0.15, 0.2) is 83.8 Å². The molecular formula is C30H37N3O6S. The van der Waals surface area contributed by atoms with Gasteiger partial charge in [0.1, 0.15) is 24.1 Å². The lowest BCUT2D eigenvalue weighted by Gasteiger charge is -2.32. The molecule has 3 aromatic rings. The van der Waals surface area contributed by atoms with Crippen molar-refractivity contribution >= 4 is 27.5 Å². The van der Waals surface area contributed by atoms with E-state index in [4.69, 9.17) is 9.47 Å². The number of benzene rings is 3. The van der Waals surface area contributed by atoms with Crippen molar-refractivity contribution in [2.75, 3.05) is 31.6 Å². The molecule has 0 fully saturated rings. The van der Waals surface area contributed by atoms with E-state index in [1.54, 1.807) is 68.6 Å². The van der Waals surface area contributed by atoms with E-state index in [2.05, 4.69) is 5.32 Å². The maximum Gasteiger partial charge on any atom is 0.264 e. The summed E-state index contributed by atoms with van der Waals surface area (Å²) in [5, 5.41) is 2.88. The Morgan fingerprint density at radius 2 is 1.45 bits per heavy atom. The number of nitrogens with one attached hydrogen (secondary N) is 1.